The van der Waals surface area contributed by atoms with E-state index < -0.39 is 0 Å². The zero-order valence-electron chi connectivity index (χ0n) is 10.4. The maximum Gasteiger partial charge on any atom is 0.274 e. The molecule has 18 heavy (non-hydrogen) atoms. The molecule has 2 unspecified atom stereocenters. The number of imidazole rings is 1. The van der Waals surface area contributed by atoms with E-state index in [1.807, 2.05) is 34.7 Å². The van der Waals surface area contributed by atoms with Gasteiger partial charge in [-0.1, -0.05) is 0 Å². The molecular weight excluding hydrogens is 250 g/mol. The Bertz CT molecular complexity index is 538. The first-order valence-corrected chi connectivity index (χ1v) is 6.88. The maximum atomic E-state index is 12.4. The lowest BCUT2D eigenvalue weighted by atomic mass is 10.2. The number of fused-ring (bicyclic) bond motifs is 1. The van der Waals surface area contributed by atoms with Crippen LogP contribution < -0.4 is 0 Å². The summed E-state index contributed by atoms with van der Waals surface area (Å²) < 4.78 is 7.51. The summed E-state index contributed by atoms with van der Waals surface area (Å²) in [5, 5.41) is 1.95. The number of carbonyl (C=O) groups excluding carboxylic acids is 1. The Labute approximate surface area is 109 Å². The number of hydrogen-bond acceptors (Lipinski definition) is 4. The van der Waals surface area contributed by atoms with Crippen LogP contribution >= 0.6 is 11.3 Å². The van der Waals surface area contributed by atoms with Gasteiger partial charge in [-0.15, -0.1) is 11.3 Å². The highest BCUT2D eigenvalue weighted by Gasteiger charge is 2.27. The van der Waals surface area contributed by atoms with Gasteiger partial charge >= 0.3 is 0 Å². The van der Waals surface area contributed by atoms with Gasteiger partial charge in [0.15, 0.2) is 4.96 Å². The van der Waals surface area contributed by atoms with Gasteiger partial charge in [0, 0.05) is 30.9 Å². The lowest BCUT2D eigenvalue weighted by molar-refractivity contribution is -0.0587. The van der Waals surface area contributed by atoms with Gasteiger partial charge in [0.05, 0.1) is 12.2 Å². The number of nitrogens with zero attached hydrogens (tertiary/aromatic N) is 3. The van der Waals surface area contributed by atoms with Crippen LogP contribution in [0.2, 0.25) is 0 Å². The second-order valence-electron chi connectivity index (χ2n) is 4.69. The van der Waals surface area contributed by atoms with E-state index in [9.17, 15) is 4.79 Å². The molecule has 0 aromatic carbocycles. The first kappa shape index (κ1) is 11.7. The first-order chi connectivity index (χ1) is 8.63. The third-order valence-corrected chi connectivity index (χ3v) is 3.79. The van der Waals surface area contributed by atoms with Crippen molar-refractivity contribution in [3.8, 4) is 0 Å². The van der Waals surface area contributed by atoms with E-state index in [0.29, 0.717) is 18.8 Å². The number of amides is 1. The summed E-state index contributed by atoms with van der Waals surface area (Å²) in [5.41, 5.74) is 0.517. The minimum Gasteiger partial charge on any atom is -0.372 e. The van der Waals surface area contributed by atoms with Gasteiger partial charge in [-0.2, -0.15) is 0 Å². The number of carbonyl (C=O) groups is 1. The fourth-order valence-corrected chi connectivity index (χ4v) is 3.04. The van der Waals surface area contributed by atoms with Crippen molar-refractivity contribution in [2.75, 3.05) is 13.1 Å². The summed E-state index contributed by atoms with van der Waals surface area (Å²) in [6, 6.07) is 0. The van der Waals surface area contributed by atoms with Crippen LogP contribution in [0.25, 0.3) is 4.96 Å². The monoisotopic (exact) mass is 265 g/mol. The fourth-order valence-electron chi connectivity index (χ4n) is 2.34. The number of rotatable bonds is 1. The quantitative estimate of drug-likeness (QED) is 0.787. The summed E-state index contributed by atoms with van der Waals surface area (Å²) >= 11 is 1.53. The van der Waals surface area contributed by atoms with Crippen molar-refractivity contribution in [2.45, 2.75) is 26.1 Å². The van der Waals surface area contributed by atoms with Crippen molar-refractivity contribution in [1.29, 1.82) is 0 Å². The van der Waals surface area contributed by atoms with E-state index >= 15 is 0 Å². The molecule has 0 N–H and O–H groups in total. The Morgan fingerprint density at radius 3 is 2.83 bits per heavy atom. The SMILES string of the molecule is CC1CN(C(=O)c2cn3ccsc3n2)CC(C)O1. The lowest BCUT2D eigenvalue weighted by Crippen LogP contribution is -2.48. The highest BCUT2D eigenvalue weighted by molar-refractivity contribution is 7.15. The maximum absolute atomic E-state index is 12.4. The molecule has 2 atom stereocenters. The molecule has 3 heterocycles. The lowest BCUT2D eigenvalue weighted by Gasteiger charge is -2.34. The van der Waals surface area contributed by atoms with Crippen LogP contribution in [0.5, 0.6) is 0 Å². The number of morpholine rings is 1. The molecule has 5 nitrogen and oxygen atoms in total. The third-order valence-electron chi connectivity index (χ3n) is 3.02. The molecule has 2 aromatic rings. The summed E-state index contributed by atoms with van der Waals surface area (Å²) in [7, 11) is 0. The molecule has 0 saturated carbocycles. The summed E-state index contributed by atoms with van der Waals surface area (Å²) in [6.45, 7) is 5.24. The number of ether oxygens (including phenoxy) is 1. The van der Waals surface area contributed by atoms with Crippen LogP contribution in [0.15, 0.2) is 17.8 Å². The van der Waals surface area contributed by atoms with E-state index in [1.54, 1.807) is 6.20 Å². The van der Waals surface area contributed by atoms with E-state index in [-0.39, 0.29) is 18.1 Å². The van der Waals surface area contributed by atoms with Gasteiger partial charge in [0.25, 0.3) is 5.91 Å². The molecule has 1 fully saturated rings. The van der Waals surface area contributed by atoms with Crippen molar-refractivity contribution in [3.63, 3.8) is 0 Å². The molecule has 0 spiro atoms. The Balaban J connectivity index is 1.83. The standard InChI is InChI=1S/C12H15N3O2S/c1-8-5-15(6-9(2)17-8)11(16)10-7-14-3-4-18-12(14)13-10/h3-4,7-9H,5-6H2,1-2H3. The molecule has 1 aliphatic heterocycles. The Morgan fingerprint density at radius 2 is 2.17 bits per heavy atom. The van der Waals surface area contributed by atoms with Gasteiger partial charge in [0.1, 0.15) is 5.69 Å². The Kier molecular flexibility index (Phi) is 2.83. The van der Waals surface area contributed by atoms with Crippen LogP contribution in [-0.2, 0) is 4.74 Å². The fraction of sp³-hybridized carbons (Fsp3) is 0.500. The van der Waals surface area contributed by atoms with Crippen molar-refractivity contribution < 1.29 is 9.53 Å². The Morgan fingerprint density at radius 1 is 1.44 bits per heavy atom. The molecule has 6 heteroatoms. The zero-order chi connectivity index (χ0) is 12.7. The third kappa shape index (κ3) is 2.02. The molecule has 1 saturated heterocycles. The van der Waals surface area contributed by atoms with Crippen LogP contribution in [0, 0.1) is 0 Å². The summed E-state index contributed by atoms with van der Waals surface area (Å²) in [4.78, 5) is 19.4. The van der Waals surface area contributed by atoms with Crippen LogP contribution in [0.3, 0.4) is 0 Å². The molecule has 0 radical (unpaired) electrons. The van der Waals surface area contributed by atoms with Gasteiger partial charge in [-0.3, -0.25) is 9.20 Å². The smallest absolute Gasteiger partial charge is 0.274 e. The topological polar surface area (TPSA) is 46.8 Å². The van der Waals surface area contributed by atoms with Gasteiger partial charge in [0.2, 0.25) is 0 Å². The highest BCUT2D eigenvalue weighted by atomic mass is 32.1. The molecule has 0 aliphatic carbocycles. The van der Waals surface area contributed by atoms with Crippen molar-refractivity contribution >= 4 is 22.2 Å². The predicted molar refractivity (Wildman–Crippen MR) is 69.0 cm³/mol. The largest absolute Gasteiger partial charge is 0.372 e. The van der Waals surface area contributed by atoms with Crippen molar-refractivity contribution in [3.05, 3.63) is 23.5 Å². The molecule has 1 amide bonds. The number of hydrogen-bond donors (Lipinski definition) is 0. The Hall–Kier alpha value is -1.40. The van der Waals surface area contributed by atoms with Gasteiger partial charge in [-0.05, 0) is 13.8 Å². The minimum atomic E-state index is -0.00657. The highest BCUT2D eigenvalue weighted by Crippen LogP contribution is 2.16. The summed E-state index contributed by atoms with van der Waals surface area (Å²) in [6.07, 6.45) is 3.87. The van der Waals surface area contributed by atoms with E-state index in [2.05, 4.69) is 4.98 Å². The van der Waals surface area contributed by atoms with Crippen LogP contribution in [0.4, 0.5) is 0 Å². The normalized spacial score (nSPS) is 24.7. The van der Waals surface area contributed by atoms with Crippen LogP contribution in [-0.4, -0.2) is 45.5 Å². The zero-order valence-corrected chi connectivity index (χ0v) is 11.2. The molecular formula is C12H15N3O2S. The molecule has 2 aromatic heterocycles. The first-order valence-electron chi connectivity index (χ1n) is 6.00. The minimum absolute atomic E-state index is 0.00657. The number of aromatic nitrogens is 2. The van der Waals surface area contributed by atoms with Crippen molar-refractivity contribution in [2.24, 2.45) is 0 Å². The molecule has 0 bridgehead atoms. The average Bonchev–Trinajstić information content (AvgIpc) is 2.86. The summed E-state index contributed by atoms with van der Waals surface area (Å²) in [5.74, 6) is -0.00657. The molecule has 96 valence electrons. The molecule has 1 aliphatic rings. The molecule has 3 rings (SSSR count). The van der Waals surface area contributed by atoms with Crippen molar-refractivity contribution in [1.82, 2.24) is 14.3 Å². The average molecular weight is 265 g/mol. The second kappa shape index (κ2) is 4.37. The number of thiazole rings is 1. The van der Waals surface area contributed by atoms with Crippen LogP contribution in [0.1, 0.15) is 24.3 Å². The van der Waals surface area contributed by atoms with E-state index in [4.69, 9.17) is 4.74 Å². The second-order valence-corrected chi connectivity index (χ2v) is 5.56. The van der Waals surface area contributed by atoms with Gasteiger partial charge in [-0.25, -0.2) is 4.98 Å². The predicted octanol–water partition coefficient (Wildman–Crippen LogP) is 1.65. The van der Waals surface area contributed by atoms with E-state index in [1.165, 1.54) is 11.3 Å². The van der Waals surface area contributed by atoms with Gasteiger partial charge < -0.3 is 9.64 Å². The van der Waals surface area contributed by atoms with E-state index in [0.717, 1.165) is 4.96 Å².